The van der Waals surface area contributed by atoms with Crippen LogP contribution in [0.5, 0.6) is 11.5 Å². The van der Waals surface area contributed by atoms with Crippen LogP contribution in [0.1, 0.15) is 30.5 Å². The van der Waals surface area contributed by atoms with Gasteiger partial charge in [0.1, 0.15) is 11.5 Å². The number of ether oxygens (including phenoxy) is 1. The number of anilines is 1. The van der Waals surface area contributed by atoms with E-state index in [0.29, 0.717) is 6.04 Å². The summed E-state index contributed by atoms with van der Waals surface area (Å²) in [4.78, 5) is 17.4. The summed E-state index contributed by atoms with van der Waals surface area (Å²) in [5.74, 6) is 1.53. The zero-order chi connectivity index (χ0) is 22.9. The third-order valence-electron chi connectivity index (χ3n) is 6.76. The molecule has 2 aliphatic heterocycles. The molecule has 2 bridgehead atoms. The molecule has 3 aromatic rings. The van der Waals surface area contributed by atoms with Gasteiger partial charge in [-0.15, -0.1) is 0 Å². The average molecular weight is 462 g/mol. The number of benzene rings is 3. The van der Waals surface area contributed by atoms with E-state index in [1.807, 2.05) is 78.6 Å². The molecule has 2 saturated heterocycles. The van der Waals surface area contributed by atoms with Gasteiger partial charge in [-0.3, -0.25) is 4.90 Å². The number of fused-ring (bicyclic) bond motifs is 2. The Labute approximate surface area is 199 Å². The van der Waals surface area contributed by atoms with Crippen molar-refractivity contribution in [2.75, 3.05) is 18.4 Å². The number of hydrogen-bond donors (Lipinski definition) is 1. The van der Waals surface area contributed by atoms with Gasteiger partial charge in [0.05, 0.1) is 0 Å². The maximum atomic E-state index is 13.0. The highest BCUT2D eigenvalue weighted by Crippen LogP contribution is 2.38. The number of carbonyl (C=O) groups is 1. The van der Waals surface area contributed by atoms with Crippen molar-refractivity contribution >= 4 is 23.3 Å². The summed E-state index contributed by atoms with van der Waals surface area (Å²) in [6.07, 6.45) is 1.01. The number of likely N-dealkylation sites (tertiary alicyclic amines) is 2. The van der Waals surface area contributed by atoms with Gasteiger partial charge >= 0.3 is 6.03 Å². The lowest BCUT2D eigenvalue weighted by Crippen LogP contribution is -2.50. The van der Waals surface area contributed by atoms with Gasteiger partial charge in [-0.05, 0) is 68.3 Å². The van der Waals surface area contributed by atoms with Crippen LogP contribution in [0.15, 0.2) is 72.8 Å². The first-order chi connectivity index (χ1) is 16.0. The monoisotopic (exact) mass is 461 g/mol. The minimum atomic E-state index is -0.0419. The number of carbonyl (C=O) groups excluding carboxylic acids is 1. The van der Waals surface area contributed by atoms with Gasteiger partial charge in [0.2, 0.25) is 0 Å². The van der Waals surface area contributed by atoms with Crippen LogP contribution in [0.25, 0.3) is 0 Å². The molecule has 3 aromatic carbocycles. The Kier molecular flexibility index (Phi) is 6.00. The molecule has 2 fully saturated rings. The number of hydrogen-bond acceptors (Lipinski definition) is 3. The smallest absolute Gasteiger partial charge is 0.322 e. The van der Waals surface area contributed by atoms with E-state index in [4.69, 9.17) is 16.3 Å². The van der Waals surface area contributed by atoms with Gasteiger partial charge in [0.25, 0.3) is 0 Å². The molecule has 5 rings (SSSR count). The van der Waals surface area contributed by atoms with E-state index >= 15 is 0 Å². The first-order valence-electron chi connectivity index (χ1n) is 11.4. The van der Waals surface area contributed by atoms with E-state index in [-0.39, 0.29) is 18.1 Å². The molecule has 2 aliphatic rings. The average Bonchev–Trinajstić information content (AvgIpc) is 3.43. The molecule has 5 nitrogen and oxygen atoms in total. The van der Waals surface area contributed by atoms with Gasteiger partial charge in [0, 0.05) is 41.9 Å². The van der Waals surface area contributed by atoms with Crippen molar-refractivity contribution in [1.82, 2.24) is 9.80 Å². The molecule has 3 unspecified atom stereocenters. The first kappa shape index (κ1) is 21.8. The Bertz CT molecular complexity index is 1130. The molecule has 2 heterocycles. The molecule has 0 radical (unpaired) electrons. The standard InChI is InChI=1S/C27H28ClN3O2/c1-18-7-11-23(12-8-18)33-24-13-9-20(10-14-24)29-27(32)31-17-21-15-22(31)16-30(21)19(2)25-5-3-4-6-26(25)28/h3-14,19,21-22H,15-17H2,1-2H3,(H,29,32). The highest BCUT2D eigenvalue weighted by atomic mass is 35.5. The van der Waals surface area contributed by atoms with Crippen LogP contribution in [0.4, 0.5) is 10.5 Å². The van der Waals surface area contributed by atoms with E-state index < -0.39 is 0 Å². The Balaban J connectivity index is 1.17. The van der Waals surface area contributed by atoms with Crippen LogP contribution in [-0.4, -0.2) is 41.0 Å². The molecular formula is C27H28ClN3O2. The number of piperazine rings is 1. The van der Waals surface area contributed by atoms with Gasteiger partial charge in [0.15, 0.2) is 0 Å². The van der Waals surface area contributed by atoms with Crippen LogP contribution in [-0.2, 0) is 0 Å². The van der Waals surface area contributed by atoms with Crippen LogP contribution in [0, 0.1) is 6.92 Å². The van der Waals surface area contributed by atoms with Crippen molar-refractivity contribution in [2.24, 2.45) is 0 Å². The van der Waals surface area contributed by atoms with Crippen LogP contribution < -0.4 is 10.1 Å². The third-order valence-corrected chi connectivity index (χ3v) is 7.10. The number of urea groups is 1. The largest absolute Gasteiger partial charge is 0.457 e. The molecule has 0 saturated carbocycles. The molecule has 3 atom stereocenters. The van der Waals surface area contributed by atoms with Crippen LogP contribution in [0.3, 0.4) is 0 Å². The van der Waals surface area contributed by atoms with Crippen LogP contribution >= 0.6 is 11.6 Å². The van der Waals surface area contributed by atoms with Crippen LogP contribution in [0.2, 0.25) is 5.02 Å². The predicted molar refractivity (Wildman–Crippen MR) is 132 cm³/mol. The summed E-state index contributed by atoms with van der Waals surface area (Å²) >= 11 is 6.42. The van der Waals surface area contributed by atoms with Crippen molar-refractivity contribution in [3.63, 3.8) is 0 Å². The quantitative estimate of drug-likeness (QED) is 0.472. The van der Waals surface area contributed by atoms with Crippen molar-refractivity contribution in [3.05, 3.63) is 88.9 Å². The fourth-order valence-electron chi connectivity index (χ4n) is 4.96. The van der Waals surface area contributed by atoms with E-state index in [9.17, 15) is 4.79 Å². The molecule has 0 spiro atoms. The predicted octanol–water partition coefficient (Wildman–Crippen LogP) is 6.49. The van der Waals surface area contributed by atoms with E-state index in [0.717, 1.165) is 47.3 Å². The van der Waals surface area contributed by atoms with Gasteiger partial charge < -0.3 is 15.0 Å². The first-order valence-corrected chi connectivity index (χ1v) is 11.8. The number of halogens is 1. The number of amides is 2. The number of rotatable bonds is 5. The van der Waals surface area contributed by atoms with Gasteiger partial charge in [-0.2, -0.15) is 0 Å². The molecule has 6 heteroatoms. The van der Waals surface area contributed by atoms with E-state index in [1.165, 1.54) is 5.56 Å². The van der Waals surface area contributed by atoms with Crippen molar-refractivity contribution in [2.45, 2.75) is 38.4 Å². The highest BCUT2D eigenvalue weighted by Gasteiger charge is 2.47. The van der Waals surface area contributed by atoms with E-state index in [1.54, 1.807) is 0 Å². The number of nitrogens with one attached hydrogen (secondary N) is 1. The second kappa shape index (κ2) is 9.08. The lowest BCUT2D eigenvalue weighted by atomic mass is 10.1. The molecule has 0 aromatic heterocycles. The summed E-state index contributed by atoms with van der Waals surface area (Å²) < 4.78 is 5.87. The second-order valence-corrected chi connectivity index (χ2v) is 9.37. The molecular weight excluding hydrogens is 434 g/mol. The Hall–Kier alpha value is -3.02. The van der Waals surface area contributed by atoms with Crippen molar-refractivity contribution in [1.29, 1.82) is 0 Å². The van der Waals surface area contributed by atoms with Crippen molar-refractivity contribution < 1.29 is 9.53 Å². The number of aryl methyl sites for hydroxylation is 1. The SMILES string of the molecule is Cc1ccc(Oc2ccc(NC(=O)N3CC4CC3CN4C(C)c3ccccc3Cl)cc2)cc1. The lowest BCUT2D eigenvalue weighted by Gasteiger charge is -2.38. The lowest BCUT2D eigenvalue weighted by molar-refractivity contribution is 0.115. The number of nitrogens with zero attached hydrogens (tertiary/aromatic N) is 2. The Morgan fingerprint density at radius 3 is 2.27 bits per heavy atom. The minimum absolute atomic E-state index is 0.0419. The topological polar surface area (TPSA) is 44.8 Å². The maximum Gasteiger partial charge on any atom is 0.322 e. The minimum Gasteiger partial charge on any atom is -0.457 e. The highest BCUT2D eigenvalue weighted by molar-refractivity contribution is 6.31. The summed E-state index contributed by atoms with van der Waals surface area (Å²) in [6.45, 7) is 5.85. The summed E-state index contributed by atoms with van der Waals surface area (Å²) in [6, 6.07) is 24.2. The Morgan fingerprint density at radius 1 is 0.970 bits per heavy atom. The zero-order valence-electron chi connectivity index (χ0n) is 18.9. The zero-order valence-corrected chi connectivity index (χ0v) is 19.6. The third kappa shape index (κ3) is 4.56. The summed E-state index contributed by atoms with van der Waals surface area (Å²) in [7, 11) is 0. The molecule has 0 aliphatic carbocycles. The fourth-order valence-corrected chi connectivity index (χ4v) is 5.25. The summed E-state index contributed by atoms with van der Waals surface area (Å²) in [5.41, 5.74) is 3.11. The second-order valence-electron chi connectivity index (χ2n) is 8.96. The summed E-state index contributed by atoms with van der Waals surface area (Å²) in [5, 5.41) is 3.85. The van der Waals surface area contributed by atoms with Gasteiger partial charge in [-0.25, -0.2) is 4.79 Å². The maximum absolute atomic E-state index is 13.0. The molecule has 33 heavy (non-hydrogen) atoms. The molecule has 1 N–H and O–H groups in total. The normalized spacial score (nSPS) is 20.6. The van der Waals surface area contributed by atoms with E-state index in [2.05, 4.69) is 23.2 Å². The molecule has 170 valence electrons. The van der Waals surface area contributed by atoms with Gasteiger partial charge in [-0.1, -0.05) is 47.5 Å². The Morgan fingerprint density at radius 2 is 1.64 bits per heavy atom. The molecule has 2 amide bonds. The fraction of sp³-hybridized carbons (Fsp3) is 0.296. The van der Waals surface area contributed by atoms with Crippen molar-refractivity contribution in [3.8, 4) is 11.5 Å².